The van der Waals surface area contributed by atoms with Crippen LogP contribution in [0, 0.1) is 18.8 Å². The number of benzene rings is 1. The molecule has 1 amide bonds. The number of amides is 1. The Kier molecular flexibility index (Phi) is 7.07. The molecule has 0 aliphatic heterocycles. The third-order valence-electron chi connectivity index (χ3n) is 6.19. The van der Waals surface area contributed by atoms with Gasteiger partial charge in [-0.2, -0.15) is 9.61 Å². The quantitative estimate of drug-likeness (QED) is 0.360. The van der Waals surface area contributed by atoms with Gasteiger partial charge in [-0.05, 0) is 48.8 Å². The largest absolute Gasteiger partial charge is 0.394 e. The Hall–Kier alpha value is -3.13. The average molecular weight is 465 g/mol. The van der Waals surface area contributed by atoms with Crippen LogP contribution in [0.3, 0.4) is 0 Å². The van der Waals surface area contributed by atoms with E-state index in [2.05, 4.69) is 48.7 Å². The van der Waals surface area contributed by atoms with Gasteiger partial charge in [0, 0.05) is 29.8 Å². The number of anilines is 2. The van der Waals surface area contributed by atoms with E-state index in [0.717, 1.165) is 41.9 Å². The first-order valence-corrected chi connectivity index (χ1v) is 12.2. The molecule has 8 nitrogen and oxygen atoms in total. The van der Waals surface area contributed by atoms with Crippen molar-refractivity contribution in [3.8, 4) is 11.1 Å². The van der Waals surface area contributed by atoms with Gasteiger partial charge in [-0.1, -0.05) is 39.8 Å². The molecule has 1 aliphatic rings. The second-order valence-electron chi connectivity index (χ2n) is 10.0. The number of hydrogen-bond donors (Lipinski definition) is 4. The molecule has 0 unspecified atom stereocenters. The molecule has 0 bridgehead atoms. The lowest BCUT2D eigenvalue weighted by atomic mass is 10.0. The van der Waals surface area contributed by atoms with Crippen molar-refractivity contribution in [2.75, 3.05) is 23.8 Å². The first-order chi connectivity index (χ1) is 16.3. The fourth-order valence-corrected chi connectivity index (χ4v) is 3.86. The number of nitrogens with zero attached hydrogens (tertiary/aromatic N) is 3. The van der Waals surface area contributed by atoms with Gasteiger partial charge in [0.1, 0.15) is 11.6 Å². The molecule has 1 aliphatic carbocycles. The molecule has 1 aromatic carbocycles. The minimum atomic E-state index is -0.106. The summed E-state index contributed by atoms with van der Waals surface area (Å²) in [5.74, 6) is 2.22. The van der Waals surface area contributed by atoms with Crippen LogP contribution in [-0.2, 0) is 0 Å². The zero-order valence-corrected chi connectivity index (χ0v) is 20.7. The van der Waals surface area contributed by atoms with Gasteiger partial charge in [0.2, 0.25) is 0 Å². The van der Waals surface area contributed by atoms with Gasteiger partial charge in [0.05, 0.1) is 18.8 Å². The summed E-state index contributed by atoms with van der Waals surface area (Å²) in [6.45, 7) is 11.2. The van der Waals surface area contributed by atoms with E-state index in [4.69, 9.17) is 4.98 Å². The third kappa shape index (κ3) is 5.33. The molecule has 8 heteroatoms. The molecule has 4 rings (SSSR count). The van der Waals surface area contributed by atoms with Crippen molar-refractivity contribution >= 4 is 23.2 Å². The Bertz CT molecular complexity index is 1170. The molecule has 4 N–H and O–H groups in total. The van der Waals surface area contributed by atoms with Crippen LogP contribution < -0.4 is 16.0 Å². The van der Waals surface area contributed by atoms with E-state index < -0.39 is 0 Å². The number of aryl methyl sites for hydroxylation is 1. The minimum absolute atomic E-state index is 0.0140. The Balaban J connectivity index is 1.72. The normalized spacial score (nSPS) is 14.6. The number of hydrogen-bond acceptors (Lipinski definition) is 6. The fourth-order valence-electron chi connectivity index (χ4n) is 3.86. The molecule has 2 aromatic heterocycles. The van der Waals surface area contributed by atoms with E-state index in [9.17, 15) is 9.90 Å². The standard InChI is InChI=1S/C26H36N6O2/c1-15(2)12-27-24-11-23(30-22(14-33)16(3)4)31-25-21(13-28-32(24)25)18-6-9-20(17(5)10-18)26(34)29-19-7-8-19/h6,9-11,13,15-16,19,22,27,33H,7-8,12,14H2,1-5H3,(H,29,34)(H,30,31)/t22-/m1/s1. The molecule has 3 aromatic rings. The summed E-state index contributed by atoms with van der Waals surface area (Å²) in [5, 5.41) is 24.4. The van der Waals surface area contributed by atoms with Gasteiger partial charge in [-0.15, -0.1) is 0 Å². The van der Waals surface area contributed by atoms with Crippen LogP contribution in [0.5, 0.6) is 0 Å². The summed E-state index contributed by atoms with van der Waals surface area (Å²) in [5.41, 5.74) is 4.18. The molecule has 2 heterocycles. The van der Waals surface area contributed by atoms with Gasteiger partial charge in [0.25, 0.3) is 5.91 Å². The molecular formula is C26H36N6O2. The fraction of sp³-hybridized carbons (Fsp3) is 0.500. The molecule has 1 saturated carbocycles. The molecular weight excluding hydrogens is 428 g/mol. The Morgan fingerprint density at radius 1 is 1.21 bits per heavy atom. The molecule has 1 atom stereocenters. The summed E-state index contributed by atoms with van der Waals surface area (Å²) in [6, 6.07) is 8.02. The number of aromatic nitrogens is 3. The monoisotopic (exact) mass is 464 g/mol. The van der Waals surface area contributed by atoms with Crippen LogP contribution >= 0.6 is 0 Å². The predicted octanol–water partition coefficient (Wildman–Crippen LogP) is 4.09. The van der Waals surface area contributed by atoms with Crippen LogP contribution in [0.2, 0.25) is 0 Å². The summed E-state index contributed by atoms with van der Waals surface area (Å²) >= 11 is 0. The second kappa shape index (κ2) is 10.0. The van der Waals surface area contributed by atoms with Crippen molar-refractivity contribution in [1.82, 2.24) is 19.9 Å². The summed E-state index contributed by atoms with van der Waals surface area (Å²) in [7, 11) is 0. The highest BCUT2D eigenvalue weighted by molar-refractivity contribution is 5.97. The number of carbonyl (C=O) groups excluding carboxylic acids is 1. The van der Waals surface area contributed by atoms with Gasteiger partial charge < -0.3 is 21.1 Å². The summed E-state index contributed by atoms with van der Waals surface area (Å²) < 4.78 is 1.81. The summed E-state index contributed by atoms with van der Waals surface area (Å²) in [4.78, 5) is 17.4. The molecule has 182 valence electrons. The lowest BCUT2D eigenvalue weighted by molar-refractivity contribution is 0.0950. The van der Waals surface area contributed by atoms with Crippen molar-refractivity contribution in [1.29, 1.82) is 0 Å². The first kappa shape index (κ1) is 24.0. The van der Waals surface area contributed by atoms with Crippen LogP contribution in [0.15, 0.2) is 30.5 Å². The van der Waals surface area contributed by atoms with Gasteiger partial charge in [0.15, 0.2) is 5.65 Å². The SMILES string of the molecule is Cc1cc(-c2cnn3c(NCC(C)C)cc(N[C@H](CO)C(C)C)nc23)ccc1C(=O)NC1CC1. The summed E-state index contributed by atoms with van der Waals surface area (Å²) in [6.07, 6.45) is 3.94. The third-order valence-corrected chi connectivity index (χ3v) is 6.19. The van der Waals surface area contributed by atoms with Gasteiger partial charge >= 0.3 is 0 Å². The van der Waals surface area contributed by atoms with Crippen LogP contribution in [-0.4, -0.2) is 50.8 Å². The number of fused-ring (bicyclic) bond motifs is 1. The lowest BCUT2D eigenvalue weighted by Crippen LogP contribution is -2.30. The van der Waals surface area contributed by atoms with E-state index in [1.165, 1.54) is 0 Å². The van der Waals surface area contributed by atoms with Crippen LogP contribution in [0.25, 0.3) is 16.8 Å². The van der Waals surface area contributed by atoms with Crippen LogP contribution in [0.4, 0.5) is 11.6 Å². The number of aliphatic hydroxyl groups excluding tert-OH is 1. The van der Waals surface area contributed by atoms with Crippen molar-refractivity contribution < 1.29 is 9.90 Å². The average Bonchev–Trinajstić information content (AvgIpc) is 3.50. The zero-order chi connectivity index (χ0) is 24.4. The Labute approximate surface area is 201 Å². The maximum absolute atomic E-state index is 12.6. The Morgan fingerprint density at radius 3 is 2.59 bits per heavy atom. The molecule has 0 radical (unpaired) electrons. The van der Waals surface area contributed by atoms with Crippen molar-refractivity contribution in [2.24, 2.45) is 11.8 Å². The molecule has 34 heavy (non-hydrogen) atoms. The smallest absolute Gasteiger partial charge is 0.251 e. The molecule has 0 saturated heterocycles. The van der Waals surface area contributed by atoms with Crippen molar-refractivity contribution in [2.45, 2.75) is 59.5 Å². The van der Waals surface area contributed by atoms with E-state index >= 15 is 0 Å². The lowest BCUT2D eigenvalue weighted by Gasteiger charge is -2.21. The number of carbonyl (C=O) groups is 1. The molecule has 0 spiro atoms. The van der Waals surface area contributed by atoms with E-state index in [-0.39, 0.29) is 24.5 Å². The highest BCUT2D eigenvalue weighted by Gasteiger charge is 2.24. The molecule has 1 fully saturated rings. The topological polar surface area (TPSA) is 104 Å². The number of aliphatic hydroxyl groups is 1. The highest BCUT2D eigenvalue weighted by Crippen LogP contribution is 2.29. The highest BCUT2D eigenvalue weighted by atomic mass is 16.3. The first-order valence-electron chi connectivity index (χ1n) is 12.2. The number of nitrogens with one attached hydrogen (secondary N) is 3. The van der Waals surface area contributed by atoms with Crippen molar-refractivity contribution in [3.63, 3.8) is 0 Å². The van der Waals surface area contributed by atoms with E-state index in [1.54, 1.807) is 0 Å². The van der Waals surface area contributed by atoms with E-state index in [1.807, 2.05) is 41.9 Å². The predicted molar refractivity (Wildman–Crippen MR) is 136 cm³/mol. The van der Waals surface area contributed by atoms with Crippen molar-refractivity contribution in [3.05, 3.63) is 41.6 Å². The minimum Gasteiger partial charge on any atom is -0.394 e. The van der Waals surface area contributed by atoms with Gasteiger partial charge in [-0.3, -0.25) is 4.79 Å². The number of rotatable bonds is 10. The maximum atomic E-state index is 12.6. The van der Waals surface area contributed by atoms with Gasteiger partial charge in [-0.25, -0.2) is 4.98 Å². The second-order valence-corrected chi connectivity index (χ2v) is 10.0. The zero-order valence-electron chi connectivity index (χ0n) is 20.7. The van der Waals surface area contributed by atoms with E-state index in [0.29, 0.717) is 29.0 Å². The maximum Gasteiger partial charge on any atom is 0.251 e. The Morgan fingerprint density at radius 2 is 1.97 bits per heavy atom. The van der Waals surface area contributed by atoms with Crippen LogP contribution in [0.1, 0.15) is 56.5 Å².